The molecule has 0 aliphatic carbocycles. The van der Waals surface area contributed by atoms with Crippen molar-refractivity contribution in [1.82, 2.24) is 4.98 Å². The van der Waals surface area contributed by atoms with Gasteiger partial charge in [-0.15, -0.1) is 0 Å². The number of nitrogen functional groups attached to an aromatic ring is 1. The molecule has 0 aromatic carbocycles. The first-order valence-electron chi connectivity index (χ1n) is 9.01. The number of esters is 1. The van der Waals surface area contributed by atoms with Gasteiger partial charge >= 0.3 is 5.97 Å². The maximum Gasteiger partial charge on any atom is 0.347 e. The molecule has 0 aliphatic rings. The summed E-state index contributed by atoms with van der Waals surface area (Å²) in [6.07, 6.45) is 8.24. The molecule has 0 saturated heterocycles. The molecule has 0 spiro atoms. The van der Waals surface area contributed by atoms with Crippen LogP contribution in [0.3, 0.4) is 0 Å². The van der Waals surface area contributed by atoms with E-state index in [-0.39, 0.29) is 21.6 Å². The van der Waals surface area contributed by atoms with Crippen LogP contribution in [0, 0.1) is 5.95 Å². The SMILES string of the molecule is CCCCCCCCCCOC(=O)[C@@H](C)Oc1nc(F)c(Cl)c(N)c1Cl. The number of ether oxygens (including phenoxy) is 2. The van der Waals surface area contributed by atoms with E-state index in [2.05, 4.69) is 11.9 Å². The van der Waals surface area contributed by atoms with E-state index in [1.165, 1.54) is 39.0 Å². The van der Waals surface area contributed by atoms with Crippen molar-refractivity contribution in [2.75, 3.05) is 12.3 Å². The highest BCUT2D eigenvalue weighted by molar-refractivity contribution is 6.39. The minimum absolute atomic E-state index is 0.140. The van der Waals surface area contributed by atoms with Gasteiger partial charge in [0.15, 0.2) is 6.10 Å². The van der Waals surface area contributed by atoms with Crippen molar-refractivity contribution in [3.05, 3.63) is 16.0 Å². The normalized spacial score (nSPS) is 12.0. The molecule has 0 amide bonds. The average Bonchev–Trinajstić information content (AvgIpc) is 2.62. The molecule has 0 bridgehead atoms. The number of hydrogen-bond acceptors (Lipinski definition) is 5. The van der Waals surface area contributed by atoms with Gasteiger partial charge in [-0.05, 0) is 13.3 Å². The molecule has 148 valence electrons. The summed E-state index contributed by atoms with van der Waals surface area (Å²) >= 11 is 11.5. The van der Waals surface area contributed by atoms with Crippen LogP contribution in [0.25, 0.3) is 0 Å². The average molecular weight is 409 g/mol. The number of carbonyl (C=O) groups excluding carboxylic acids is 1. The minimum Gasteiger partial charge on any atom is -0.463 e. The molecule has 1 rings (SSSR count). The summed E-state index contributed by atoms with van der Waals surface area (Å²) in [7, 11) is 0. The number of hydrogen-bond donors (Lipinski definition) is 1. The Labute approximate surface area is 164 Å². The van der Waals surface area contributed by atoms with Crippen molar-refractivity contribution in [3.8, 4) is 5.88 Å². The first-order valence-corrected chi connectivity index (χ1v) is 9.77. The highest BCUT2D eigenvalue weighted by Crippen LogP contribution is 2.35. The van der Waals surface area contributed by atoms with Crippen LogP contribution in [0.2, 0.25) is 10.0 Å². The zero-order chi connectivity index (χ0) is 19.5. The Balaban J connectivity index is 2.29. The first kappa shape index (κ1) is 22.8. The Kier molecular flexibility index (Phi) is 10.7. The van der Waals surface area contributed by atoms with E-state index in [1.54, 1.807) is 0 Å². The largest absolute Gasteiger partial charge is 0.463 e. The molecule has 1 heterocycles. The Hall–Kier alpha value is -1.27. The molecule has 1 aromatic rings. The highest BCUT2D eigenvalue weighted by Gasteiger charge is 2.22. The lowest BCUT2D eigenvalue weighted by Gasteiger charge is -2.15. The van der Waals surface area contributed by atoms with Crippen LogP contribution >= 0.6 is 23.2 Å². The number of pyridine rings is 1. The number of anilines is 1. The quantitative estimate of drug-likeness (QED) is 0.278. The van der Waals surface area contributed by atoms with E-state index in [0.29, 0.717) is 6.61 Å². The third-order valence-corrected chi connectivity index (χ3v) is 4.63. The van der Waals surface area contributed by atoms with Crippen molar-refractivity contribution in [1.29, 1.82) is 0 Å². The molecule has 0 fully saturated rings. The van der Waals surface area contributed by atoms with E-state index in [0.717, 1.165) is 19.3 Å². The van der Waals surface area contributed by atoms with Gasteiger partial charge in [0, 0.05) is 0 Å². The molecule has 26 heavy (non-hydrogen) atoms. The van der Waals surface area contributed by atoms with Crippen LogP contribution in [0.15, 0.2) is 0 Å². The summed E-state index contributed by atoms with van der Waals surface area (Å²) in [5.41, 5.74) is 5.38. The molecule has 0 saturated carbocycles. The molecule has 2 N–H and O–H groups in total. The van der Waals surface area contributed by atoms with Gasteiger partial charge in [0.25, 0.3) is 0 Å². The fraction of sp³-hybridized carbons (Fsp3) is 0.667. The van der Waals surface area contributed by atoms with Crippen molar-refractivity contribution in [2.45, 2.75) is 71.3 Å². The Morgan fingerprint density at radius 3 is 2.31 bits per heavy atom. The van der Waals surface area contributed by atoms with Crippen LogP contribution in [-0.4, -0.2) is 23.7 Å². The number of halogens is 3. The van der Waals surface area contributed by atoms with E-state index >= 15 is 0 Å². The van der Waals surface area contributed by atoms with Gasteiger partial charge in [-0.1, -0.05) is 75.1 Å². The molecule has 0 radical (unpaired) electrons. The molecule has 1 aromatic heterocycles. The first-order chi connectivity index (χ1) is 12.4. The fourth-order valence-corrected chi connectivity index (χ4v) is 2.70. The number of aromatic nitrogens is 1. The summed E-state index contributed by atoms with van der Waals surface area (Å²) < 4.78 is 23.9. The summed E-state index contributed by atoms with van der Waals surface area (Å²) in [6.45, 7) is 3.98. The standard InChI is InChI=1S/C18H27Cl2FN2O3/c1-3-4-5-6-7-8-9-10-11-25-18(24)12(2)26-17-14(20)15(22)13(19)16(21)23-17/h12H,3-11H2,1-2H3,(H2,22,23)/t12-/m1/s1. The minimum atomic E-state index is -1.01. The third-order valence-electron chi connectivity index (χ3n) is 3.90. The Morgan fingerprint density at radius 2 is 1.69 bits per heavy atom. The van der Waals surface area contributed by atoms with Gasteiger partial charge < -0.3 is 15.2 Å². The summed E-state index contributed by atoms with van der Waals surface area (Å²) in [5, 5.41) is -0.522. The van der Waals surface area contributed by atoms with Crippen molar-refractivity contribution in [3.63, 3.8) is 0 Å². The predicted molar refractivity (Wildman–Crippen MR) is 102 cm³/mol. The van der Waals surface area contributed by atoms with Gasteiger partial charge in [0.05, 0.1) is 12.3 Å². The number of nitrogens with two attached hydrogens (primary N) is 1. The van der Waals surface area contributed by atoms with E-state index < -0.39 is 18.0 Å². The lowest BCUT2D eigenvalue weighted by atomic mass is 10.1. The zero-order valence-corrected chi connectivity index (χ0v) is 16.8. The van der Waals surface area contributed by atoms with Crippen LogP contribution in [0.5, 0.6) is 5.88 Å². The molecule has 1 atom stereocenters. The molecular formula is C18H27Cl2FN2O3. The van der Waals surface area contributed by atoms with Crippen LogP contribution in [0.4, 0.5) is 10.1 Å². The second-order valence-electron chi connectivity index (χ2n) is 6.15. The van der Waals surface area contributed by atoms with Gasteiger partial charge in [0.1, 0.15) is 10.0 Å². The second-order valence-corrected chi connectivity index (χ2v) is 6.91. The number of unbranched alkanes of at least 4 members (excludes halogenated alkanes) is 7. The van der Waals surface area contributed by atoms with Gasteiger partial charge in [-0.3, -0.25) is 0 Å². The molecule has 5 nitrogen and oxygen atoms in total. The zero-order valence-electron chi connectivity index (χ0n) is 15.3. The second kappa shape index (κ2) is 12.2. The monoisotopic (exact) mass is 408 g/mol. The molecular weight excluding hydrogens is 382 g/mol. The highest BCUT2D eigenvalue weighted by atomic mass is 35.5. The summed E-state index contributed by atoms with van der Waals surface area (Å²) in [5.74, 6) is -1.87. The molecule has 0 aliphatic heterocycles. The topological polar surface area (TPSA) is 74.4 Å². The Morgan fingerprint density at radius 1 is 1.12 bits per heavy atom. The van der Waals surface area contributed by atoms with Crippen molar-refractivity contribution in [2.24, 2.45) is 0 Å². The predicted octanol–water partition coefficient (Wildman–Crippen LogP) is 5.56. The van der Waals surface area contributed by atoms with Crippen molar-refractivity contribution < 1.29 is 18.7 Å². The fourth-order valence-electron chi connectivity index (χ4n) is 2.33. The van der Waals surface area contributed by atoms with Gasteiger partial charge in [-0.2, -0.15) is 9.37 Å². The van der Waals surface area contributed by atoms with E-state index in [1.807, 2.05) is 0 Å². The van der Waals surface area contributed by atoms with Crippen LogP contribution in [-0.2, 0) is 9.53 Å². The molecule has 0 unspecified atom stereocenters. The van der Waals surface area contributed by atoms with E-state index in [4.69, 9.17) is 38.4 Å². The Bertz CT molecular complexity index is 588. The third kappa shape index (κ3) is 7.54. The number of nitrogens with zero attached hydrogens (tertiary/aromatic N) is 1. The van der Waals surface area contributed by atoms with Crippen LogP contribution in [0.1, 0.15) is 65.2 Å². The lowest BCUT2D eigenvalue weighted by molar-refractivity contribution is -0.151. The number of carbonyl (C=O) groups is 1. The van der Waals surface area contributed by atoms with Gasteiger partial charge in [0.2, 0.25) is 11.8 Å². The smallest absolute Gasteiger partial charge is 0.347 e. The van der Waals surface area contributed by atoms with Crippen molar-refractivity contribution >= 4 is 34.9 Å². The number of rotatable bonds is 12. The van der Waals surface area contributed by atoms with Gasteiger partial charge in [-0.25, -0.2) is 4.79 Å². The molecule has 8 heteroatoms. The summed E-state index contributed by atoms with van der Waals surface area (Å²) in [6, 6.07) is 0. The lowest BCUT2D eigenvalue weighted by Crippen LogP contribution is -2.27. The van der Waals surface area contributed by atoms with E-state index in [9.17, 15) is 9.18 Å². The maximum absolute atomic E-state index is 13.5. The maximum atomic E-state index is 13.5. The van der Waals surface area contributed by atoms with Crippen LogP contribution < -0.4 is 10.5 Å². The summed E-state index contributed by atoms with van der Waals surface area (Å²) in [4.78, 5) is 15.4.